The minimum absolute atomic E-state index is 0.0130. The SMILES string of the molecule is C=C(N/N=C1\NC(=O)C[C@@H](C(=O)Nc2ccc(C(=O)O)cc2)S1)c1ccc(Cl)cc1. The van der Waals surface area contributed by atoms with Crippen LogP contribution in [0.1, 0.15) is 22.3 Å². The molecule has 0 aliphatic carbocycles. The lowest BCUT2D eigenvalue weighted by atomic mass is 10.2. The van der Waals surface area contributed by atoms with Crippen LogP contribution in [0.2, 0.25) is 5.02 Å². The number of carbonyl (C=O) groups is 3. The summed E-state index contributed by atoms with van der Waals surface area (Å²) in [6.45, 7) is 3.88. The highest BCUT2D eigenvalue weighted by Crippen LogP contribution is 2.23. The van der Waals surface area contributed by atoms with E-state index in [4.69, 9.17) is 16.7 Å². The minimum atomic E-state index is -1.05. The second kappa shape index (κ2) is 9.47. The van der Waals surface area contributed by atoms with Crippen molar-refractivity contribution >= 4 is 57.7 Å². The molecule has 0 unspecified atom stereocenters. The number of anilines is 1. The Morgan fingerprint density at radius 3 is 2.40 bits per heavy atom. The smallest absolute Gasteiger partial charge is 0.335 e. The molecule has 0 radical (unpaired) electrons. The molecule has 0 saturated carbocycles. The fraction of sp³-hybridized carbons (Fsp3) is 0.100. The molecule has 2 amide bonds. The van der Waals surface area contributed by atoms with Gasteiger partial charge in [0.25, 0.3) is 0 Å². The lowest BCUT2D eigenvalue weighted by Gasteiger charge is -2.22. The average molecular weight is 445 g/mol. The number of carbonyl (C=O) groups excluding carboxylic acids is 2. The summed E-state index contributed by atoms with van der Waals surface area (Å²) in [6, 6.07) is 12.7. The highest BCUT2D eigenvalue weighted by Gasteiger charge is 2.30. The summed E-state index contributed by atoms with van der Waals surface area (Å²) in [5.41, 5.74) is 4.58. The topological polar surface area (TPSA) is 120 Å². The van der Waals surface area contributed by atoms with Crippen LogP contribution in [-0.2, 0) is 9.59 Å². The van der Waals surface area contributed by atoms with E-state index < -0.39 is 11.2 Å². The molecule has 1 saturated heterocycles. The summed E-state index contributed by atoms with van der Waals surface area (Å²) in [4.78, 5) is 35.4. The zero-order valence-corrected chi connectivity index (χ0v) is 17.1. The minimum Gasteiger partial charge on any atom is -0.478 e. The Hall–Kier alpha value is -3.30. The van der Waals surface area contributed by atoms with Gasteiger partial charge < -0.3 is 15.7 Å². The molecule has 4 N–H and O–H groups in total. The molecule has 2 aromatic carbocycles. The van der Waals surface area contributed by atoms with Gasteiger partial charge in [0.15, 0.2) is 5.17 Å². The third-order valence-corrected chi connectivity index (χ3v) is 5.38. The molecule has 1 aliphatic heterocycles. The van der Waals surface area contributed by atoms with Crippen LogP contribution < -0.4 is 16.1 Å². The van der Waals surface area contributed by atoms with E-state index in [1.807, 2.05) is 0 Å². The second-order valence-corrected chi connectivity index (χ2v) is 7.87. The Bertz CT molecular complexity index is 1020. The molecule has 0 spiro atoms. The number of nitrogens with one attached hydrogen (secondary N) is 3. The van der Waals surface area contributed by atoms with Gasteiger partial charge in [-0.05, 0) is 42.0 Å². The van der Waals surface area contributed by atoms with E-state index in [1.54, 1.807) is 24.3 Å². The Kier molecular flexibility index (Phi) is 6.76. The number of hydrazone groups is 1. The van der Waals surface area contributed by atoms with Gasteiger partial charge in [0, 0.05) is 17.1 Å². The van der Waals surface area contributed by atoms with Crippen molar-refractivity contribution in [3.05, 3.63) is 71.3 Å². The average Bonchev–Trinajstić information content (AvgIpc) is 2.72. The zero-order valence-electron chi connectivity index (χ0n) is 15.5. The molecule has 3 rings (SSSR count). The highest BCUT2D eigenvalue weighted by molar-refractivity contribution is 8.15. The number of hydrogen-bond acceptors (Lipinski definition) is 6. The van der Waals surface area contributed by atoms with Gasteiger partial charge in [0.05, 0.1) is 11.3 Å². The van der Waals surface area contributed by atoms with Gasteiger partial charge in [-0.25, -0.2) is 4.79 Å². The van der Waals surface area contributed by atoms with Crippen LogP contribution in [0.5, 0.6) is 0 Å². The van der Waals surface area contributed by atoms with Crippen molar-refractivity contribution in [3.63, 3.8) is 0 Å². The summed E-state index contributed by atoms with van der Waals surface area (Å²) in [5.74, 6) is -1.78. The van der Waals surface area contributed by atoms with Crippen LogP contribution in [0.4, 0.5) is 5.69 Å². The van der Waals surface area contributed by atoms with Gasteiger partial charge in [0.2, 0.25) is 11.8 Å². The fourth-order valence-corrected chi connectivity index (χ4v) is 3.57. The van der Waals surface area contributed by atoms with Gasteiger partial charge in [0.1, 0.15) is 5.25 Å². The number of rotatable bonds is 6. The van der Waals surface area contributed by atoms with Crippen LogP contribution in [-0.4, -0.2) is 33.3 Å². The van der Waals surface area contributed by atoms with Gasteiger partial charge in [-0.2, -0.15) is 0 Å². The first-order chi connectivity index (χ1) is 14.3. The number of benzene rings is 2. The number of halogens is 1. The van der Waals surface area contributed by atoms with Crippen molar-refractivity contribution < 1.29 is 19.5 Å². The molecule has 1 aliphatic rings. The van der Waals surface area contributed by atoms with Gasteiger partial charge >= 0.3 is 5.97 Å². The first-order valence-electron chi connectivity index (χ1n) is 8.71. The summed E-state index contributed by atoms with van der Waals surface area (Å²) >= 11 is 6.96. The molecule has 0 aromatic heterocycles. The van der Waals surface area contributed by atoms with Crippen LogP contribution in [0, 0.1) is 0 Å². The summed E-state index contributed by atoms with van der Waals surface area (Å²) in [5, 5.41) is 18.5. The molecule has 30 heavy (non-hydrogen) atoms. The number of amides is 2. The fourth-order valence-electron chi connectivity index (χ4n) is 2.50. The molecule has 0 bridgehead atoms. The maximum atomic E-state index is 12.5. The lowest BCUT2D eigenvalue weighted by molar-refractivity contribution is -0.123. The molecular weight excluding hydrogens is 428 g/mol. The quantitative estimate of drug-likeness (QED) is 0.508. The van der Waals surface area contributed by atoms with Gasteiger partial charge in [-0.1, -0.05) is 42.1 Å². The van der Waals surface area contributed by atoms with Crippen LogP contribution in [0.15, 0.2) is 60.2 Å². The Balaban J connectivity index is 1.62. The standard InChI is InChI=1S/C20H17ClN4O4S/c1-11(12-2-6-14(21)7-3-12)24-25-20-23-17(26)10-16(30-20)18(27)22-15-8-4-13(5-9-15)19(28)29/h2-9,16,24H,1,10H2,(H,22,27)(H,28,29)(H,23,25,26)/t16-/m0/s1. The first kappa shape index (κ1) is 21.4. The Labute approximate surface area is 181 Å². The molecule has 2 aromatic rings. The van der Waals surface area contributed by atoms with Crippen LogP contribution in [0.3, 0.4) is 0 Å². The number of hydrogen-bond donors (Lipinski definition) is 4. The number of amidine groups is 1. The Morgan fingerprint density at radius 2 is 1.77 bits per heavy atom. The van der Waals surface area contributed by atoms with Crippen molar-refractivity contribution in [2.75, 3.05) is 5.32 Å². The first-order valence-corrected chi connectivity index (χ1v) is 9.97. The monoisotopic (exact) mass is 444 g/mol. The normalized spacial score (nSPS) is 17.2. The molecule has 10 heteroatoms. The highest BCUT2D eigenvalue weighted by atomic mass is 35.5. The third kappa shape index (κ3) is 5.62. The van der Waals surface area contributed by atoms with Gasteiger partial charge in [-0.15, -0.1) is 5.10 Å². The van der Waals surface area contributed by atoms with E-state index in [1.165, 1.54) is 24.3 Å². The van der Waals surface area contributed by atoms with Crippen molar-refractivity contribution in [2.45, 2.75) is 11.7 Å². The molecule has 8 nitrogen and oxygen atoms in total. The number of carboxylic acid groups (broad SMARTS) is 1. The number of carboxylic acids is 1. The molecule has 1 heterocycles. The molecule has 1 fully saturated rings. The maximum Gasteiger partial charge on any atom is 0.335 e. The molecular formula is C20H17ClN4O4S. The van der Waals surface area contributed by atoms with Crippen molar-refractivity contribution in [2.24, 2.45) is 5.10 Å². The third-order valence-electron chi connectivity index (χ3n) is 4.05. The molecule has 154 valence electrons. The predicted octanol–water partition coefficient (Wildman–Crippen LogP) is 3.13. The van der Waals surface area contributed by atoms with E-state index in [0.29, 0.717) is 16.4 Å². The second-order valence-electron chi connectivity index (χ2n) is 6.24. The number of thioether (sulfide) groups is 1. The number of nitrogens with zero attached hydrogens (tertiary/aromatic N) is 1. The summed E-state index contributed by atoms with van der Waals surface area (Å²) < 4.78 is 0. The van der Waals surface area contributed by atoms with Crippen LogP contribution >= 0.6 is 23.4 Å². The van der Waals surface area contributed by atoms with Crippen molar-refractivity contribution in [1.82, 2.24) is 10.7 Å². The van der Waals surface area contributed by atoms with E-state index in [0.717, 1.165) is 17.3 Å². The van der Waals surface area contributed by atoms with E-state index in [-0.39, 0.29) is 29.0 Å². The predicted molar refractivity (Wildman–Crippen MR) is 117 cm³/mol. The summed E-state index contributed by atoms with van der Waals surface area (Å²) in [6.07, 6.45) is -0.0130. The van der Waals surface area contributed by atoms with Crippen molar-refractivity contribution in [3.8, 4) is 0 Å². The zero-order chi connectivity index (χ0) is 21.7. The summed E-state index contributed by atoms with van der Waals surface area (Å²) in [7, 11) is 0. The molecule has 1 atom stereocenters. The lowest BCUT2D eigenvalue weighted by Crippen LogP contribution is -2.42. The largest absolute Gasteiger partial charge is 0.478 e. The van der Waals surface area contributed by atoms with Crippen LogP contribution in [0.25, 0.3) is 5.70 Å². The maximum absolute atomic E-state index is 12.5. The Morgan fingerprint density at radius 1 is 1.13 bits per heavy atom. The van der Waals surface area contributed by atoms with Gasteiger partial charge in [-0.3, -0.25) is 15.0 Å². The van der Waals surface area contributed by atoms with E-state index in [9.17, 15) is 14.4 Å². The number of aromatic carboxylic acids is 1. The van der Waals surface area contributed by atoms with Crippen molar-refractivity contribution in [1.29, 1.82) is 0 Å². The van der Waals surface area contributed by atoms with E-state index in [2.05, 4.69) is 27.7 Å². The van der Waals surface area contributed by atoms with E-state index >= 15 is 0 Å².